The highest BCUT2D eigenvalue weighted by molar-refractivity contribution is 7.96. The van der Waals surface area contributed by atoms with Crippen LogP contribution in [0.5, 0.6) is 0 Å². The molecule has 0 aromatic carbocycles. The maximum atomic E-state index is 10.4. The molecule has 0 aliphatic rings. The lowest BCUT2D eigenvalue weighted by Gasteiger charge is -2.06. The molecular weight excluding hydrogens is 154 g/mol. The zero-order valence-electron chi connectivity index (χ0n) is 5.75. The predicted octanol–water partition coefficient (Wildman–Crippen LogP) is 0.187. The van der Waals surface area contributed by atoms with E-state index in [1.807, 2.05) is 0 Å². The molecule has 10 heavy (non-hydrogen) atoms. The SMILES string of the molecule is COC(=O)N[C@H](C)C(=O)S. The van der Waals surface area contributed by atoms with E-state index in [2.05, 4.69) is 22.7 Å². The van der Waals surface area contributed by atoms with Crippen LogP contribution in [0.2, 0.25) is 0 Å². The highest BCUT2D eigenvalue weighted by Gasteiger charge is 2.10. The number of rotatable bonds is 2. The van der Waals surface area contributed by atoms with Crippen LogP contribution < -0.4 is 5.32 Å². The van der Waals surface area contributed by atoms with Crippen molar-refractivity contribution in [2.75, 3.05) is 7.11 Å². The fourth-order valence-corrected chi connectivity index (χ4v) is 0.362. The number of hydrogen-bond acceptors (Lipinski definition) is 3. The first-order chi connectivity index (χ1) is 4.57. The number of nitrogens with one attached hydrogen (secondary N) is 1. The van der Waals surface area contributed by atoms with Crippen LogP contribution in [0.15, 0.2) is 0 Å². The number of carbonyl (C=O) groups excluding carboxylic acids is 2. The minimum Gasteiger partial charge on any atom is -0.453 e. The van der Waals surface area contributed by atoms with Gasteiger partial charge in [0.2, 0.25) is 5.12 Å². The fraction of sp³-hybridized carbons (Fsp3) is 0.600. The van der Waals surface area contributed by atoms with Gasteiger partial charge in [-0.3, -0.25) is 4.79 Å². The van der Waals surface area contributed by atoms with Crippen LogP contribution in [0, 0.1) is 0 Å². The molecule has 0 aliphatic carbocycles. The molecule has 0 aromatic heterocycles. The first kappa shape index (κ1) is 9.29. The van der Waals surface area contributed by atoms with Crippen molar-refractivity contribution in [3.63, 3.8) is 0 Å². The lowest BCUT2D eigenvalue weighted by molar-refractivity contribution is -0.112. The minimum absolute atomic E-state index is 0.398. The number of alkyl carbamates (subject to hydrolysis) is 1. The average molecular weight is 163 g/mol. The normalized spacial score (nSPS) is 11.9. The Morgan fingerprint density at radius 2 is 2.10 bits per heavy atom. The molecule has 1 amide bonds. The number of ether oxygens (including phenoxy) is 1. The predicted molar refractivity (Wildman–Crippen MR) is 39.0 cm³/mol. The van der Waals surface area contributed by atoms with Gasteiger partial charge in [0.15, 0.2) is 0 Å². The van der Waals surface area contributed by atoms with Crippen molar-refractivity contribution >= 4 is 23.8 Å². The third kappa shape index (κ3) is 3.34. The van der Waals surface area contributed by atoms with Gasteiger partial charge in [0.05, 0.1) is 13.2 Å². The number of methoxy groups -OCH3 is 1. The van der Waals surface area contributed by atoms with Crippen LogP contribution in [0.25, 0.3) is 0 Å². The van der Waals surface area contributed by atoms with Crippen LogP contribution in [-0.2, 0) is 9.53 Å². The zero-order chi connectivity index (χ0) is 8.15. The summed E-state index contributed by atoms with van der Waals surface area (Å²) in [5, 5.41) is 1.84. The van der Waals surface area contributed by atoms with E-state index >= 15 is 0 Å². The number of thiol groups is 1. The first-order valence-electron chi connectivity index (χ1n) is 2.65. The van der Waals surface area contributed by atoms with E-state index in [9.17, 15) is 9.59 Å². The second-order valence-corrected chi connectivity index (χ2v) is 2.14. The second kappa shape index (κ2) is 4.16. The van der Waals surface area contributed by atoms with Crippen molar-refractivity contribution in [3.8, 4) is 0 Å². The van der Waals surface area contributed by atoms with Gasteiger partial charge in [0, 0.05) is 0 Å². The highest BCUT2D eigenvalue weighted by Crippen LogP contribution is 1.88. The molecule has 0 bridgehead atoms. The van der Waals surface area contributed by atoms with Gasteiger partial charge in [0.25, 0.3) is 0 Å². The second-order valence-electron chi connectivity index (χ2n) is 1.70. The van der Waals surface area contributed by atoms with Crippen LogP contribution in [0.3, 0.4) is 0 Å². The lowest BCUT2D eigenvalue weighted by atomic mass is 10.4. The summed E-state index contributed by atoms with van der Waals surface area (Å²) in [6.07, 6.45) is -0.630. The Hall–Kier alpha value is -0.710. The third-order valence-corrected chi connectivity index (χ3v) is 1.28. The van der Waals surface area contributed by atoms with Crippen molar-refractivity contribution in [3.05, 3.63) is 0 Å². The summed E-state index contributed by atoms with van der Waals surface area (Å²) in [7, 11) is 1.23. The Kier molecular flexibility index (Phi) is 3.87. The molecule has 0 fully saturated rings. The molecule has 0 saturated heterocycles. The molecule has 5 heteroatoms. The molecule has 58 valence electrons. The molecule has 4 nitrogen and oxygen atoms in total. The van der Waals surface area contributed by atoms with E-state index in [0.717, 1.165) is 0 Å². The molecule has 1 atom stereocenters. The average Bonchev–Trinajstić information content (AvgIpc) is 1.87. The van der Waals surface area contributed by atoms with Crippen molar-refractivity contribution in [1.82, 2.24) is 5.32 Å². The summed E-state index contributed by atoms with van der Waals surface area (Å²) in [5.41, 5.74) is 0. The molecular formula is C5H9NO3S. The molecule has 0 unspecified atom stereocenters. The molecule has 0 rings (SSSR count). The van der Waals surface area contributed by atoms with Gasteiger partial charge in [-0.25, -0.2) is 4.79 Å². The number of hydrogen-bond donors (Lipinski definition) is 2. The van der Waals surface area contributed by atoms with Gasteiger partial charge in [-0.1, -0.05) is 0 Å². The van der Waals surface area contributed by atoms with Gasteiger partial charge in [-0.05, 0) is 6.92 Å². The lowest BCUT2D eigenvalue weighted by Crippen LogP contribution is -2.36. The monoisotopic (exact) mass is 163 g/mol. The van der Waals surface area contributed by atoms with Crippen molar-refractivity contribution in [1.29, 1.82) is 0 Å². The van der Waals surface area contributed by atoms with Gasteiger partial charge in [-0.15, -0.1) is 12.6 Å². The summed E-state index contributed by atoms with van der Waals surface area (Å²) >= 11 is 3.50. The molecule has 0 saturated carbocycles. The van der Waals surface area contributed by atoms with Crippen molar-refractivity contribution < 1.29 is 14.3 Å². The Morgan fingerprint density at radius 3 is 2.40 bits per heavy atom. The largest absolute Gasteiger partial charge is 0.453 e. The maximum Gasteiger partial charge on any atom is 0.407 e. The topological polar surface area (TPSA) is 55.4 Å². The van der Waals surface area contributed by atoms with Crippen LogP contribution >= 0.6 is 12.6 Å². The summed E-state index contributed by atoms with van der Waals surface area (Å²) in [6.45, 7) is 1.52. The Balaban J connectivity index is 3.68. The maximum absolute atomic E-state index is 10.4. The Bertz CT molecular complexity index is 148. The highest BCUT2D eigenvalue weighted by atomic mass is 32.1. The van der Waals surface area contributed by atoms with Crippen molar-refractivity contribution in [2.45, 2.75) is 13.0 Å². The van der Waals surface area contributed by atoms with E-state index in [1.165, 1.54) is 14.0 Å². The molecule has 0 heterocycles. The molecule has 0 radical (unpaired) electrons. The number of amides is 1. The smallest absolute Gasteiger partial charge is 0.407 e. The summed E-state index contributed by atoms with van der Waals surface area (Å²) in [5.74, 6) is 0. The Labute approximate surface area is 64.3 Å². The van der Waals surface area contributed by atoms with Gasteiger partial charge in [-0.2, -0.15) is 0 Å². The van der Waals surface area contributed by atoms with Crippen LogP contribution in [0.4, 0.5) is 4.79 Å². The van der Waals surface area contributed by atoms with E-state index in [-0.39, 0.29) is 0 Å². The first-order valence-corrected chi connectivity index (χ1v) is 3.10. The van der Waals surface area contributed by atoms with E-state index < -0.39 is 17.3 Å². The summed E-state index contributed by atoms with van der Waals surface area (Å²) in [4.78, 5) is 20.8. The molecule has 0 spiro atoms. The standard InChI is InChI=1S/C5H9NO3S/c1-3(4(7)10)6-5(8)9-2/h3H,1-2H3,(H,6,8)(H,7,10)/t3-/m1/s1. The van der Waals surface area contributed by atoms with Crippen molar-refractivity contribution in [2.24, 2.45) is 0 Å². The van der Waals surface area contributed by atoms with Gasteiger partial charge < -0.3 is 10.1 Å². The summed E-state index contributed by atoms with van der Waals surface area (Å²) in [6, 6.07) is -0.601. The van der Waals surface area contributed by atoms with E-state index in [1.54, 1.807) is 0 Å². The van der Waals surface area contributed by atoms with Gasteiger partial charge >= 0.3 is 6.09 Å². The fourth-order valence-electron chi connectivity index (χ4n) is 0.297. The molecule has 0 aromatic rings. The van der Waals surface area contributed by atoms with Crippen LogP contribution in [0.1, 0.15) is 6.92 Å². The zero-order valence-corrected chi connectivity index (χ0v) is 6.64. The third-order valence-electron chi connectivity index (χ3n) is 0.890. The van der Waals surface area contributed by atoms with E-state index in [4.69, 9.17) is 0 Å². The molecule has 0 aliphatic heterocycles. The Morgan fingerprint density at radius 1 is 1.60 bits per heavy atom. The number of carbonyl (C=O) groups is 2. The van der Waals surface area contributed by atoms with Crippen LogP contribution in [-0.4, -0.2) is 24.4 Å². The van der Waals surface area contributed by atoms with E-state index in [0.29, 0.717) is 0 Å². The van der Waals surface area contributed by atoms with Gasteiger partial charge in [0.1, 0.15) is 0 Å². The minimum atomic E-state index is -0.630. The summed E-state index contributed by atoms with van der Waals surface area (Å²) < 4.78 is 4.23. The quantitative estimate of drug-likeness (QED) is 0.571. The molecule has 1 N–H and O–H groups in total.